The number of nitrogens with zero attached hydrogens (tertiary/aromatic N) is 4. The molecule has 1 atom stereocenters. The van der Waals surface area contributed by atoms with Gasteiger partial charge in [0, 0.05) is 18.3 Å². The number of hydrogen-bond acceptors (Lipinski definition) is 5. The number of hydrogen-bond donors (Lipinski definition) is 0. The van der Waals surface area contributed by atoms with Crippen LogP contribution < -0.4 is 0 Å². The molecule has 0 N–H and O–H groups in total. The van der Waals surface area contributed by atoms with E-state index < -0.39 is 12.2 Å². The molecule has 0 amide bonds. The van der Waals surface area contributed by atoms with Crippen molar-refractivity contribution in [3.8, 4) is 0 Å². The summed E-state index contributed by atoms with van der Waals surface area (Å²) in [5.74, 6) is 0.189. The van der Waals surface area contributed by atoms with Crippen molar-refractivity contribution >= 4 is 5.71 Å². The van der Waals surface area contributed by atoms with Gasteiger partial charge < -0.3 is 4.52 Å². The summed E-state index contributed by atoms with van der Waals surface area (Å²) in [7, 11) is 0. The summed E-state index contributed by atoms with van der Waals surface area (Å²) >= 11 is 0. The maximum atomic E-state index is 13.5. The third-order valence-corrected chi connectivity index (χ3v) is 4.27. The highest BCUT2D eigenvalue weighted by Crippen LogP contribution is 2.46. The Labute approximate surface area is 130 Å². The molecule has 0 spiro atoms. The lowest BCUT2D eigenvalue weighted by Gasteiger charge is -2.39. The Morgan fingerprint density at radius 2 is 2.13 bits per heavy atom. The van der Waals surface area contributed by atoms with Gasteiger partial charge in [-0.1, -0.05) is 5.16 Å². The van der Waals surface area contributed by atoms with Gasteiger partial charge in [0.1, 0.15) is 23.8 Å². The quantitative estimate of drug-likeness (QED) is 0.857. The second kappa shape index (κ2) is 4.95. The Balaban J connectivity index is 1.65. The molecular weight excluding hydrogens is 309 g/mol. The zero-order chi connectivity index (χ0) is 16.2. The predicted octanol–water partition coefficient (Wildman–Crippen LogP) is 3.10. The van der Waals surface area contributed by atoms with Gasteiger partial charge >= 0.3 is 6.18 Å². The first-order valence-electron chi connectivity index (χ1n) is 7.46. The summed E-state index contributed by atoms with van der Waals surface area (Å²) in [6.45, 7) is 1.98. The highest BCUT2D eigenvalue weighted by atomic mass is 19.4. The molecule has 5 nitrogen and oxygen atoms in total. The molecule has 23 heavy (non-hydrogen) atoms. The van der Waals surface area contributed by atoms with Crippen LogP contribution in [0.2, 0.25) is 0 Å². The number of halogens is 3. The summed E-state index contributed by atoms with van der Waals surface area (Å²) in [5.41, 5.74) is 1.85. The van der Waals surface area contributed by atoms with Crippen LogP contribution in [0.15, 0.2) is 45.5 Å². The van der Waals surface area contributed by atoms with Crippen LogP contribution in [-0.4, -0.2) is 39.6 Å². The lowest BCUT2D eigenvalue weighted by atomic mass is 10.1. The Morgan fingerprint density at radius 1 is 1.35 bits per heavy atom. The van der Waals surface area contributed by atoms with Crippen molar-refractivity contribution in [3.05, 3.63) is 41.7 Å². The third-order valence-electron chi connectivity index (χ3n) is 4.27. The van der Waals surface area contributed by atoms with E-state index in [1.807, 2.05) is 0 Å². The first-order chi connectivity index (χ1) is 10.9. The van der Waals surface area contributed by atoms with E-state index >= 15 is 0 Å². The number of aliphatic imine (C=N–C) groups is 1. The van der Waals surface area contributed by atoms with Gasteiger partial charge in [-0.05, 0) is 37.8 Å². The van der Waals surface area contributed by atoms with Crippen molar-refractivity contribution in [3.63, 3.8) is 0 Å². The molecule has 0 saturated heterocycles. The molecule has 1 unspecified atom stereocenters. The molecule has 3 heterocycles. The molecule has 4 rings (SSSR count). The molecule has 8 heteroatoms. The summed E-state index contributed by atoms with van der Waals surface area (Å²) in [4.78, 5) is 4.43. The topological polar surface area (TPSA) is 44.9 Å². The second-order valence-electron chi connectivity index (χ2n) is 5.99. The summed E-state index contributed by atoms with van der Waals surface area (Å²) in [6.07, 6.45) is 1.89. The van der Waals surface area contributed by atoms with Crippen LogP contribution in [0, 0.1) is 5.92 Å². The van der Waals surface area contributed by atoms with Gasteiger partial charge in [-0.25, -0.2) is 4.99 Å². The van der Waals surface area contributed by atoms with Gasteiger partial charge in [0.05, 0.1) is 5.71 Å². The van der Waals surface area contributed by atoms with Gasteiger partial charge in [0.15, 0.2) is 0 Å². The van der Waals surface area contributed by atoms with Crippen LogP contribution in [-0.2, 0) is 0 Å². The average molecular weight is 324 g/mol. The molecule has 1 fully saturated rings. The first kappa shape index (κ1) is 14.5. The minimum atomic E-state index is -4.25. The molecule has 0 bridgehead atoms. The number of fused-ring (bicyclic) bond motifs is 1. The molecule has 122 valence electrons. The van der Waals surface area contributed by atoms with Gasteiger partial charge in [-0.15, -0.1) is 0 Å². The van der Waals surface area contributed by atoms with E-state index in [4.69, 9.17) is 4.52 Å². The molecule has 1 aromatic rings. The van der Waals surface area contributed by atoms with E-state index in [1.54, 1.807) is 30.2 Å². The summed E-state index contributed by atoms with van der Waals surface area (Å²) in [6, 6.07) is 0.220. The standard InChI is InChI=1S/C15H15F3N4O/c1-9-8-12(11-5-7-23-20-11)19-13-4-6-21(22(9)13)14(10-2-3-10)15(16,17)18/h4-5,7-8,10,14H,2-3,6H2,1H3. The van der Waals surface area contributed by atoms with Crippen molar-refractivity contribution in [2.75, 3.05) is 6.54 Å². The number of hydrazine groups is 1. The average Bonchev–Trinajstić information content (AvgIpc) is 2.99. The van der Waals surface area contributed by atoms with Crippen LogP contribution >= 0.6 is 0 Å². The first-order valence-corrected chi connectivity index (χ1v) is 7.46. The minimum absolute atomic E-state index is 0.205. The van der Waals surface area contributed by atoms with Gasteiger partial charge in [0.2, 0.25) is 0 Å². The molecule has 1 aliphatic carbocycles. The van der Waals surface area contributed by atoms with E-state index in [2.05, 4.69) is 10.1 Å². The van der Waals surface area contributed by atoms with Crippen LogP contribution in [0.25, 0.3) is 0 Å². The van der Waals surface area contributed by atoms with Crippen molar-refractivity contribution in [1.29, 1.82) is 0 Å². The molecule has 2 aliphatic heterocycles. The molecule has 1 aromatic heterocycles. The number of allylic oxidation sites excluding steroid dienone is 2. The Kier molecular flexibility index (Phi) is 3.12. The number of rotatable bonds is 3. The lowest BCUT2D eigenvalue weighted by molar-refractivity contribution is -0.212. The maximum absolute atomic E-state index is 13.5. The molecule has 3 aliphatic rings. The Hall–Kier alpha value is -2.09. The normalized spacial score (nSPS) is 23.3. The molecule has 0 aromatic carbocycles. The monoisotopic (exact) mass is 324 g/mol. The van der Waals surface area contributed by atoms with Crippen molar-refractivity contribution < 1.29 is 17.7 Å². The van der Waals surface area contributed by atoms with Crippen LogP contribution in [0.5, 0.6) is 0 Å². The fourth-order valence-electron chi connectivity index (χ4n) is 3.17. The fourth-order valence-corrected chi connectivity index (χ4v) is 3.17. The smallest absolute Gasteiger partial charge is 0.364 e. The van der Waals surface area contributed by atoms with Gasteiger partial charge in [-0.3, -0.25) is 5.01 Å². The van der Waals surface area contributed by atoms with E-state index in [1.165, 1.54) is 11.3 Å². The largest absolute Gasteiger partial charge is 0.406 e. The lowest BCUT2D eigenvalue weighted by Crippen LogP contribution is -2.52. The van der Waals surface area contributed by atoms with E-state index in [0.717, 1.165) is 0 Å². The zero-order valence-electron chi connectivity index (χ0n) is 12.4. The van der Waals surface area contributed by atoms with Crippen molar-refractivity contribution in [2.24, 2.45) is 10.9 Å². The van der Waals surface area contributed by atoms with Gasteiger partial charge in [-0.2, -0.15) is 18.2 Å². The van der Waals surface area contributed by atoms with Crippen LogP contribution in [0.3, 0.4) is 0 Å². The molecule has 0 radical (unpaired) electrons. The summed E-state index contributed by atoms with van der Waals surface area (Å²) in [5, 5.41) is 6.78. The molecular formula is C15H15F3N4O. The Bertz CT molecular complexity index is 701. The minimum Gasteiger partial charge on any atom is -0.364 e. The van der Waals surface area contributed by atoms with Crippen LogP contribution in [0.4, 0.5) is 13.2 Å². The zero-order valence-corrected chi connectivity index (χ0v) is 12.4. The van der Waals surface area contributed by atoms with E-state index in [-0.39, 0.29) is 12.5 Å². The predicted molar refractivity (Wildman–Crippen MR) is 76.0 cm³/mol. The van der Waals surface area contributed by atoms with E-state index in [9.17, 15) is 13.2 Å². The summed E-state index contributed by atoms with van der Waals surface area (Å²) < 4.78 is 45.2. The number of alkyl halides is 3. The maximum Gasteiger partial charge on any atom is 0.406 e. The van der Waals surface area contributed by atoms with Crippen molar-refractivity contribution in [2.45, 2.75) is 32.0 Å². The Morgan fingerprint density at radius 3 is 2.74 bits per heavy atom. The third kappa shape index (κ3) is 2.46. The number of aromatic nitrogens is 1. The highest BCUT2D eigenvalue weighted by molar-refractivity contribution is 6.08. The van der Waals surface area contributed by atoms with E-state index in [0.29, 0.717) is 35.8 Å². The molecule has 1 saturated carbocycles. The van der Waals surface area contributed by atoms with Gasteiger partial charge in [0.25, 0.3) is 0 Å². The fraction of sp³-hybridized carbons (Fsp3) is 0.467. The van der Waals surface area contributed by atoms with Crippen molar-refractivity contribution in [1.82, 2.24) is 15.2 Å². The van der Waals surface area contributed by atoms with Crippen LogP contribution in [0.1, 0.15) is 25.5 Å². The second-order valence-corrected chi connectivity index (χ2v) is 5.99. The SMILES string of the molecule is CC1=CC(c2ccon2)=NC2=CCN(C(C3CC3)C(F)(F)F)N12. The highest BCUT2D eigenvalue weighted by Gasteiger charge is 2.54.